The zero-order valence-corrected chi connectivity index (χ0v) is 18.3. The quantitative estimate of drug-likeness (QED) is 0.428. The number of rotatable bonds is 6. The van der Waals surface area contributed by atoms with E-state index in [4.69, 9.17) is 32.4 Å². The van der Waals surface area contributed by atoms with Crippen LogP contribution < -0.4 is 0 Å². The Morgan fingerprint density at radius 1 is 1.00 bits per heavy atom. The molecule has 0 aliphatic carbocycles. The number of halogens is 2. The summed E-state index contributed by atoms with van der Waals surface area (Å²) in [4.78, 5) is 25.8. The van der Waals surface area contributed by atoms with Crippen LogP contribution in [0, 0.1) is 0 Å². The van der Waals surface area contributed by atoms with Gasteiger partial charge in [-0.05, 0) is 68.2 Å². The van der Waals surface area contributed by atoms with Crippen molar-refractivity contribution in [2.45, 2.75) is 31.8 Å². The first-order chi connectivity index (χ1) is 13.1. The summed E-state index contributed by atoms with van der Waals surface area (Å²) in [6.45, 7) is 5.83. The molecule has 4 nitrogen and oxygen atoms in total. The number of hydrogen-bond acceptors (Lipinski definition) is 4. The van der Waals surface area contributed by atoms with Crippen LogP contribution in [-0.4, -0.2) is 25.7 Å². The van der Waals surface area contributed by atoms with Crippen molar-refractivity contribution in [1.82, 2.24) is 0 Å². The Kier molecular flexibility index (Phi) is 5.82. The summed E-state index contributed by atoms with van der Waals surface area (Å²) < 4.78 is 12.1. The summed E-state index contributed by atoms with van der Waals surface area (Å²) in [6, 6.07) is 13.5. The van der Waals surface area contributed by atoms with Crippen molar-refractivity contribution in [3.05, 3.63) is 75.8 Å². The zero-order chi connectivity index (χ0) is 20.5. The Hall–Kier alpha value is -1.92. The Morgan fingerprint density at radius 2 is 1.54 bits per heavy atom. The van der Waals surface area contributed by atoms with Gasteiger partial charge in [0, 0.05) is 27.2 Å². The molecule has 1 unspecified atom stereocenters. The highest BCUT2D eigenvalue weighted by molar-refractivity contribution is 6.70. The number of hydrogen-bond donors (Lipinski definition) is 0. The van der Waals surface area contributed by atoms with Gasteiger partial charge in [-0.15, -0.1) is 0 Å². The van der Waals surface area contributed by atoms with Gasteiger partial charge in [0.05, 0.1) is 6.42 Å². The molecule has 7 heteroatoms. The van der Waals surface area contributed by atoms with Gasteiger partial charge in [0.15, 0.2) is 14.1 Å². The minimum atomic E-state index is -2.23. The van der Waals surface area contributed by atoms with E-state index >= 15 is 0 Å². The molecule has 0 bridgehead atoms. The van der Waals surface area contributed by atoms with Gasteiger partial charge in [-0.1, -0.05) is 23.2 Å². The summed E-state index contributed by atoms with van der Waals surface area (Å²) in [6.07, 6.45) is 1.17. The van der Waals surface area contributed by atoms with Crippen molar-refractivity contribution >= 4 is 48.8 Å². The molecule has 1 aliphatic heterocycles. The van der Waals surface area contributed by atoms with Crippen molar-refractivity contribution in [3.63, 3.8) is 0 Å². The predicted octanol–water partition coefficient (Wildman–Crippen LogP) is 5.75. The van der Waals surface area contributed by atoms with Crippen molar-refractivity contribution in [2.24, 2.45) is 0 Å². The second-order valence-electron chi connectivity index (χ2n) is 7.56. The minimum Gasteiger partial charge on any atom is -0.454 e. The molecule has 0 amide bonds. The topological polar surface area (TPSA) is 52.6 Å². The molecule has 1 heterocycles. The van der Waals surface area contributed by atoms with E-state index < -0.39 is 14.1 Å². The lowest BCUT2D eigenvalue weighted by atomic mass is 10.0. The highest BCUT2D eigenvalue weighted by Gasteiger charge is 2.50. The van der Waals surface area contributed by atoms with Crippen LogP contribution in [0.4, 0.5) is 0 Å². The van der Waals surface area contributed by atoms with Gasteiger partial charge in [-0.25, -0.2) is 0 Å². The predicted molar refractivity (Wildman–Crippen MR) is 113 cm³/mol. The van der Waals surface area contributed by atoms with Crippen LogP contribution in [0.3, 0.4) is 0 Å². The van der Waals surface area contributed by atoms with Crippen LogP contribution in [0.2, 0.25) is 29.7 Å². The molecular formula is C21H20Cl2O4Si. The van der Waals surface area contributed by atoms with Crippen molar-refractivity contribution in [2.75, 3.05) is 0 Å². The second kappa shape index (κ2) is 7.83. The molecule has 0 saturated carbocycles. The maximum atomic E-state index is 12.9. The molecule has 0 N–H and O–H groups in total. The molecule has 0 saturated heterocycles. The number of Topliss-reactive ketones (excluding diaryl/α,β-unsaturated/α-hetero) is 1. The molecule has 0 aromatic heterocycles. The van der Waals surface area contributed by atoms with E-state index in [2.05, 4.69) is 0 Å². The third-order valence-electron chi connectivity index (χ3n) is 4.07. The first-order valence-electron chi connectivity index (χ1n) is 8.78. The summed E-state index contributed by atoms with van der Waals surface area (Å²) in [7, 11) is -2.23. The summed E-state index contributed by atoms with van der Waals surface area (Å²) in [5.41, 5.74) is 1.14. The van der Waals surface area contributed by atoms with Gasteiger partial charge in [0.25, 0.3) is 5.79 Å². The smallest absolute Gasteiger partial charge is 0.273 e. The van der Waals surface area contributed by atoms with Gasteiger partial charge in [0.1, 0.15) is 5.76 Å². The Morgan fingerprint density at radius 3 is 2.07 bits per heavy atom. The average molecular weight is 435 g/mol. The Labute approximate surface area is 175 Å². The van der Waals surface area contributed by atoms with Crippen LogP contribution in [0.5, 0.6) is 0 Å². The lowest BCUT2D eigenvalue weighted by Gasteiger charge is -2.34. The van der Waals surface area contributed by atoms with Crippen LogP contribution in [0.1, 0.15) is 22.3 Å². The SMILES string of the molecule is C[Si](C)(C)OC1(CC(=O)c2ccc(Cl)cc2)OC(c2ccc(Cl)cc2)=CC1=O. The molecule has 28 heavy (non-hydrogen) atoms. The zero-order valence-electron chi connectivity index (χ0n) is 15.8. The van der Waals surface area contributed by atoms with Crippen LogP contribution in [0.25, 0.3) is 5.76 Å². The number of ketones is 2. The third-order valence-corrected chi connectivity index (χ3v) is 5.52. The Bertz CT molecular complexity index is 930. The number of benzene rings is 2. The first-order valence-corrected chi connectivity index (χ1v) is 12.9. The molecule has 0 spiro atoms. The second-order valence-corrected chi connectivity index (χ2v) is 12.9. The third kappa shape index (κ3) is 4.73. The van der Waals surface area contributed by atoms with E-state index in [-0.39, 0.29) is 18.0 Å². The number of ether oxygens (including phenoxy) is 1. The van der Waals surface area contributed by atoms with E-state index in [9.17, 15) is 9.59 Å². The number of carbonyl (C=O) groups excluding carboxylic acids is 2. The van der Waals surface area contributed by atoms with E-state index in [1.54, 1.807) is 48.5 Å². The fraction of sp³-hybridized carbons (Fsp3) is 0.238. The van der Waals surface area contributed by atoms with Gasteiger partial charge >= 0.3 is 0 Å². The Balaban J connectivity index is 1.91. The molecule has 0 fully saturated rings. The monoisotopic (exact) mass is 434 g/mol. The summed E-state index contributed by atoms with van der Waals surface area (Å²) >= 11 is 11.8. The van der Waals surface area contributed by atoms with Crippen molar-refractivity contribution in [3.8, 4) is 0 Å². The van der Waals surface area contributed by atoms with Crippen molar-refractivity contribution in [1.29, 1.82) is 0 Å². The molecule has 1 aliphatic rings. The molecule has 0 radical (unpaired) electrons. The van der Waals surface area contributed by atoms with E-state index in [0.29, 0.717) is 26.9 Å². The molecule has 146 valence electrons. The van der Waals surface area contributed by atoms with E-state index in [1.165, 1.54) is 6.08 Å². The summed E-state index contributed by atoms with van der Waals surface area (Å²) in [5.74, 6) is -1.92. The minimum absolute atomic E-state index is 0.217. The van der Waals surface area contributed by atoms with Gasteiger partial charge < -0.3 is 9.16 Å². The van der Waals surface area contributed by atoms with E-state index in [0.717, 1.165) is 0 Å². The fourth-order valence-corrected chi connectivity index (χ4v) is 4.37. The summed E-state index contributed by atoms with van der Waals surface area (Å²) in [5, 5.41) is 1.11. The highest BCUT2D eigenvalue weighted by atomic mass is 35.5. The average Bonchev–Trinajstić information content (AvgIpc) is 2.90. The maximum absolute atomic E-state index is 12.9. The molecule has 2 aromatic carbocycles. The molecular weight excluding hydrogens is 415 g/mol. The van der Waals surface area contributed by atoms with E-state index in [1.807, 2.05) is 19.6 Å². The van der Waals surface area contributed by atoms with Gasteiger partial charge in [-0.2, -0.15) is 0 Å². The standard InChI is InChI=1S/C21H20Cl2O4Si/c1-28(2,3)27-21(13-18(24)14-4-8-16(22)9-5-14)20(25)12-19(26-21)15-6-10-17(23)11-7-15/h4-12H,13H2,1-3H3. The van der Waals surface area contributed by atoms with Crippen LogP contribution in [0.15, 0.2) is 54.6 Å². The number of carbonyl (C=O) groups is 2. The lowest BCUT2D eigenvalue weighted by Crippen LogP contribution is -2.49. The molecule has 2 aromatic rings. The fourth-order valence-electron chi connectivity index (χ4n) is 2.92. The van der Waals surface area contributed by atoms with Gasteiger partial charge in [0.2, 0.25) is 5.78 Å². The first kappa shape index (κ1) is 20.8. The maximum Gasteiger partial charge on any atom is 0.273 e. The van der Waals surface area contributed by atoms with Crippen molar-refractivity contribution < 1.29 is 18.8 Å². The molecule has 1 atom stereocenters. The van der Waals surface area contributed by atoms with Crippen LogP contribution in [-0.2, 0) is 14.0 Å². The lowest BCUT2D eigenvalue weighted by molar-refractivity contribution is -0.161. The van der Waals surface area contributed by atoms with Crippen LogP contribution >= 0.6 is 23.2 Å². The highest BCUT2D eigenvalue weighted by Crippen LogP contribution is 2.38. The normalized spacial score (nSPS) is 19.3. The molecule has 3 rings (SSSR count). The largest absolute Gasteiger partial charge is 0.454 e. The van der Waals surface area contributed by atoms with Gasteiger partial charge in [-0.3, -0.25) is 9.59 Å².